The van der Waals surface area contributed by atoms with Gasteiger partial charge in [0.05, 0.1) is 18.1 Å². The van der Waals surface area contributed by atoms with Gasteiger partial charge in [-0.1, -0.05) is 26.0 Å². The summed E-state index contributed by atoms with van der Waals surface area (Å²) >= 11 is 0. The summed E-state index contributed by atoms with van der Waals surface area (Å²) in [4.78, 5) is 16.6. The van der Waals surface area contributed by atoms with E-state index in [-0.39, 0.29) is 53.3 Å². The SMILES string of the molecule is CCNC(=NCc1cccc(NC(=O)C(C)CC)c1)NC1CCS(=O)(=O)C1.I. The largest absolute Gasteiger partial charge is 0.357 e. The number of sulfone groups is 1. The molecular weight excluding hydrogens is 491 g/mol. The molecule has 0 bridgehead atoms. The summed E-state index contributed by atoms with van der Waals surface area (Å²) in [6.45, 7) is 6.98. The Morgan fingerprint density at radius 2 is 2.07 bits per heavy atom. The number of benzene rings is 1. The molecule has 0 radical (unpaired) electrons. The van der Waals surface area contributed by atoms with Crippen LogP contribution >= 0.6 is 24.0 Å². The Morgan fingerprint density at radius 1 is 1.32 bits per heavy atom. The van der Waals surface area contributed by atoms with Crippen molar-refractivity contribution >= 4 is 51.4 Å². The molecule has 0 aliphatic carbocycles. The molecule has 28 heavy (non-hydrogen) atoms. The van der Waals surface area contributed by atoms with Crippen LogP contribution in [0, 0.1) is 5.92 Å². The highest BCUT2D eigenvalue weighted by atomic mass is 127. The third-order valence-electron chi connectivity index (χ3n) is 4.59. The van der Waals surface area contributed by atoms with Gasteiger partial charge in [-0.2, -0.15) is 0 Å². The highest BCUT2D eigenvalue weighted by molar-refractivity contribution is 14.0. The fraction of sp³-hybridized carbons (Fsp3) is 0.579. The van der Waals surface area contributed by atoms with Crippen LogP contribution in [-0.2, 0) is 21.2 Å². The molecule has 0 aromatic heterocycles. The van der Waals surface area contributed by atoms with Gasteiger partial charge in [-0.3, -0.25) is 4.79 Å². The fourth-order valence-electron chi connectivity index (χ4n) is 2.79. The number of guanidine groups is 1. The van der Waals surface area contributed by atoms with Crippen molar-refractivity contribution in [2.24, 2.45) is 10.9 Å². The maximum atomic E-state index is 12.0. The van der Waals surface area contributed by atoms with Crippen molar-refractivity contribution in [2.45, 2.75) is 46.2 Å². The summed E-state index contributed by atoms with van der Waals surface area (Å²) in [6, 6.07) is 7.51. The van der Waals surface area contributed by atoms with Crippen molar-refractivity contribution in [1.82, 2.24) is 10.6 Å². The predicted molar refractivity (Wildman–Crippen MR) is 125 cm³/mol. The topological polar surface area (TPSA) is 99.7 Å². The maximum Gasteiger partial charge on any atom is 0.227 e. The minimum Gasteiger partial charge on any atom is -0.357 e. The van der Waals surface area contributed by atoms with Crippen molar-refractivity contribution in [3.8, 4) is 0 Å². The molecule has 1 aliphatic heterocycles. The first kappa shape index (κ1) is 24.7. The Labute approximate surface area is 185 Å². The fourth-order valence-corrected chi connectivity index (χ4v) is 4.46. The minimum absolute atomic E-state index is 0. The number of anilines is 1. The number of nitrogens with one attached hydrogen (secondary N) is 3. The van der Waals surface area contributed by atoms with E-state index in [1.807, 2.05) is 45.0 Å². The number of aliphatic imine (C=N–C) groups is 1. The average Bonchev–Trinajstić information content (AvgIpc) is 2.98. The lowest BCUT2D eigenvalue weighted by molar-refractivity contribution is -0.119. The molecule has 1 fully saturated rings. The second-order valence-corrected chi connectivity index (χ2v) is 9.17. The van der Waals surface area contributed by atoms with Gasteiger partial charge in [0.2, 0.25) is 5.91 Å². The summed E-state index contributed by atoms with van der Waals surface area (Å²) in [7, 11) is -2.94. The van der Waals surface area contributed by atoms with Crippen molar-refractivity contribution < 1.29 is 13.2 Å². The first-order chi connectivity index (χ1) is 12.8. The molecule has 1 heterocycles. The molecule has 0 spiro atoms. The first-order valence-corrected chi connectivity index (χ1v) is 11.3. The molecule has 1 amide bonds. The van der Waals surface area contributed by atoms with E-state index in [0.29, 0.717) is 25.5 Å². The molecule has 1 aromatic carbocycles. The molecule has 2 atom stereocenters. The van der Waals surface area contributed by atoms with Crippen molar-refractivity contribution in [3.05, 3.63) is 29.8 Å². The van der Waals surface area contributed by atoms with Crippen LogP contribution in [0.3, 0.4) is 0 Å². The van der Waals surface area contributed by atoms with E-state index in [1.165, 1.54) is 0 Å². The number of halogens is 1. The summed E-state index contributed by atoms with van der Waals surface area (Å²) in [6.07, 6.45) is 1.40. The number of hydrogen-bond donors (Lipinski definition) is 3. The molecule has 7 nitrogen and oxygen atoms in total. The standard InChI is InChI=1S/C19H30N4O3S.HI/c1-4-14(3)18(24)22-16-8-6-7-15(11-16)12-21-19(20-5-2)23-17-9-10-27(25,26)13-17;/h6-8,11,14,17H,4-5,9-10,12-13H2,1-3H3,(H,22,24)(H2,20,21,23);1H. The Morgan fingerprint density at radius 3 is 2.68 bits per heavy atom. The third-order valence-corrected chi connectivity index (χ3v) is 6.36. The molecule has 158 valence electrons. The Balaban J connectivity index is 0.00000392. The van der Waals surface area contributed by atoms with Gasteiger partial charge < -0.3 is 16.0 Å². The van der Waals surface area contributed by atoms with E-state index in [1.54, 1.807) is 0 Å². The summed E-state index contributed by atoms with van der Waals surface area (Å²) in [5.74, 6) is 0.958. The normalized spacial score (nSPS) is 19.4. The Hall–Kier alpha value is -1.36. The van der Waals surface area contributed by atoms with Crippen LogP contribution < -0.4 is 16.0 Å². The van der Waals surface area contributed by atoms with E-state index in [0.717, 1.165) is 17.7 Å². The van der Waals surface area contributed by atoms with Crippen LogP contribution in [0.15, 0.2) is 29.3 Å². The predicted octanol–water partition coefficient (Wildman–Crippen LogP) is 2.53. The van der Waals surface area contributed by atoms with Gasteiger partial charge in [0, 0.05) is 24.2 Å². The number of amides is 1. The van der Waals surface area contributed by atoms with E-state index in [4.69, 9.17) is 0 Å². The van der Waals surface area contributed by atoms with Gasteiger partial charge in [-0.15, -0.1) is 24.0 Å². The zero-order valence-electron chi connectivity index (χ0n) is 16.7. The summed E-state index contributed by atoms with van der Waals surface area (Å²) in [5, 5.41) is 9.28. The Bertz CT molecular complexity index is 783. The lowest BCUT2D eigenvalue weighted by Gasteiger charge is -2.16. The van der Waals surface area contributed by atoms with Gasteiger partial charge in [-0.25, -0.2) is 13.4 Å². The quantitative estimate of drug-likeness (QED) is 0.291. The number of hydrogen-bond acceptors (Lipinski definition) is 4. The molecule has 1 aliphatic rings. The van der Waals surface area contributed by atoms with Gasteiger partial charge >= 0.3 is 0 Å². The van der Waals surface area contributed by atoms with Crippen LogP contribution in [0.25, 0.3) is 0 Å². The highest BCUT2D eigenvalue weighted by Gasteiger charge is 2.28. The third kappa shape index (κ3) is 7.94. The molecule has 9 heteroatoms. The van der Waals surface area contributed by atoms with Crippen molar-refractivity contribution in [3.63, 3.8) is 0 Å². The molecule has 2 rings (SSSR count). The Kier molecular flexibility index (Phi) is 10.2. The zero-order chi connectivity index (χ0) is 19.9. The second-order valence-electron chi connectivity index (χ2n) is 6.94. The molecule has 3 N–H and O–H groups in total. The van der Waals surface area contributed by atoms with Gasteiger partial charge in [0.15, 0.2) is 15.8 Å². The van der Waals surface area contributed by atoms with Crippen LogP contribution in [0.1, 0.15) is 39.2 Å². The average molecular weight is 522 g/mol. The van der Waals surface area contributed by atoms with Gasteiger partial charge in [0.1, 0.15) is 0 Å². The minimum atomic E-state index is -2.94. The highest BCUT2D eigenvalue weighted by Crippen LogP contribution is 2.14. The van der Waals surface area contributed by atoms with E-state index in [2.05, 4.69) is 20.9 Å². The monoisotopic (exact) mass is 522 g/mol. The van der Waals surface area contributed by atoms with Crippen molar-refractivity contribution in [1.29, 1.82) is 0 Å². The molecule has 1 saturated heterocycles. The van der Waals surface area contributed by atoms with Crippen LogP contribution in [0.4, 0.5) is 5.69 Å². The van der Waals surface area contributed by atoms with Crippen LogP contribution in [0.2, 0.25) is 0 Å². The first-order valence-electron chi connectivity index (χ1n) is 9.48. The number of carbonyl (C=O) groups is 1. The second kappa shape index (κ2) is 11.6. The molecular formula is C19H31IN4O3S. The van der Waals surface area contributed by atoms with Gasteiger partial charge in [0.25, 0.3) is 0 Å². The molecule has 1 aromatic rings. The van der Waals surface area contributed by atoms with Gasteiger partial charge in [-0.05, 0) is 37.5 Å². The van der Waals surface area contributed by atoms with E-state index < -0.39 is 9.84 Å². The molecule has 2 unspecified atom stereocenters. The van der Waals surface area contributed by atoms with Crippen LogP contribution in [-0.4, -0.2) is 44.4 Å². The number of carbonyl (C=O) groups excluding carboxylic acids is 1. The smallest absolute Gasteiger partial charge is 0.227 e. The lowest BCUT2D eigenvalue weighted by atomic mass is 10.1. The van der Waals surface area contributed by atoms with Crippen LogP contribution in [0.5, 0.6) is 0 Å². The molecule has 0 saturated carbocycles. The lowest BCUT2D eigenvalue weighted by Crippen LogP contribution is -2.44. The number of rotatable bonds is 7. The number of nitrogens with zero attached hydrogens (tertiary/aromatic N) is 1. The van der Waals surface area contributed by atoms with E-state index in [9.17, 15) is 13.2 Å². The van der Waals surface area contributed by atoms with E-state index >= 15 is 0 Å². The van der Waals surface area contributed by atoms with Crippen molar-refractivity contribution in [2.75, 3.05) is 23.4 Å². The zero-order valence-corrected chi connectivity index (χ0v) is 19.8. The summed E-state index contributed by atoms with van der Waals surface area (Å²) < 4.78 is 23.2. The summed E-state index contributed by atoms with van der Waals surface area (Å²) in [5.41, 5.74) is 1.72. The maximum absolute atomic E-state index is 12.0.